The number of methoxy groups -OCH3 is 1. The lowest BCUT2D eigenvalue weighted by atomic mass is 10.1. The van der Waals surface area contributed by atoms with E-state index < -0.39 is 5.82 Å². The number of hydrogen-bond acceptors (Lipinski definition) is 6. The molecule has 0 saturated carbocycles. The first-order chi connectivity index (χ1) is 18.0. The first-order valence-corrected chi connectivity index (χ1v) is 12.0. The molecular weight excluding hydrogens is 496 g/mol. The SMILES string of the molecule is COc1ccc(-c2nn(-c3ccccc3)cc2/C=c2\sc3nc(-c4ccc(F)cc4)nn3c2=O)cc1F. The van der Waals surface area contributed by atoms with Crippen LogP contribution in [0.3, 0.4) is 0 Å². The summed E-state index contributed by atoms with van der Waals surface area (Å²) in [5.41, 5.74) is 2.72. The Labute approximate surface area is 212 Å². The Balaban J connectivity index is 1.48. The van der Waals surface area contributed by atoms with Crippen LogP contribution >= 0.6 is 11.3 Å². The van der Waals surface area contributed by atoms with Crippen LogP contribution in [-0.2, 0) is 0 Å². The summed E-state index contributed by atoms with van der Waals surface area (Å²) in [5.74, 6) is -0.422. The van der Waals surface area contributed by atoms with Gasteiger partial charge in [-0.15, -0.1) is 5.10 Å². The molecule has 0 unspecified atom stereocenters. The van der Waals surface area contributed by atoms with E-state index in [1.165, 1.54) is 47.2 Å². The summed E-state index contributed by atoms with van der Waals surface area (Å²) in [6.45, 7) is 0. The number of ether oxygens (including phenoxy) is 1. The summed E-state index contributed by atoms with van der Waals surface area (Å²) in [4.78, 5) is 18.0. The number of benzene rings is 3. The van der Waals surface area contributed by atoms with E-state index >= 15 is 0 Å². The average molecular weight is 514 g/mol. The standard InChI is InChI=1S/C27H17F2N5O2S/c1-36-22-12-9-17(13-21(22)29)24-18(15-33(31-24)20-5-3-2-4-6-20)14-23-26(35)34-27(37-23)30-25(32-34)16-7-10-19(28)11-8-16/h2-15H,1H3/b23-14-. The third kappa shape index (κ3) is 4.17. The molecule has 182 valence electrons. The van der Waals surface area contributed by atoms with E-state index in [9.17, 15) is 13.6 Å². The third-order valence-corrected chi connectivity index (χ3v) is 6.72. The highest BCUT2D eigenvalue weighted by atomic mass is 32.1. The predicted octanol–water partition coefficient (Wildman–Crippen LogP) is 4.51. The molecule has 0 aliphatic carbocycles. The monoisotopic (exact) mass is 513 g/mol. The van der Waals surface area contributed by atoms with Crippen molar-refractivity contribution in [2.75, 3.05) is 7.11 Å². The molecule has 0 saturated heterocycles. The molecule has 3 aromatic heterocycles. The molecule has 3 heterocycles. The Kier molecular flexibility index (Phi) is 5.57. The number of fused-ring (bicyclic) bond motifs is 1. The van der Waals surface area contributed by atoms with Crippen molar-refractivity contribution >= 4 is 22.4 Å². The summed E-state index contributed by atoms with van der Waals surface area (Å²) in [6, 6.07) is 19.8. The lowest BCUT2D eigenvalue weighted by molar-refractivity contribution is 0.386. The minimum absolute atomic E-state index is 0.126. The van der Waals surface area contributed by atoms with E-state index in [0.29, 0.717) is 37.7 Å². The van der Waals surface area contributed by atoms with Crippen LogP contribution in [0, 0.1) is 11.6 Å². The topological polar surface area (TPSA) is 74.3 Å². The normalized spacial score (nSPS) is 11.9. The Bertz CT molecular complexity index is 1860. The van der Waals surface area contributed by atoms with E-state index in [0.717, 1.165) is 5.69 Å². The van der Waals surface area contributed by atoms with Gasteiger partial charge >= 0.3 is 0 Å². The molecule has 6 aromatic rings. The second kappa shape index (κ2) is 9.07. The van der Waals surface area contributed by atoms with Gasteiger partial charge in [0.25, 0.3) is 5.56 Å². The first kappa shape index (κ1) is 22.7. The van der Waals surface area contributed by atoms with Gasteiger partial charge in [0.15, 0.2) is 17.4 Å². The first-order valence-electron chi connectivity index (χ1n) is 11.2. The van der Waals surface area contributed by atoms with Crippen LogP contribution < -0.4 is 14.8 Å². The maximum Gasteiger partial charge on any atom is 0.291 e. The molecule has 0 spiro atoms. The van der Waals surface area contributed by atoms with E-state index in [4.69, 9.17) is 4.74 Å². The zero-order valence-electron chi connectivity index (χ0n) is 19.3. The predicted molar refractivity (Wildman–Crippen MR) is 137 cm³/mol. The highest BCUT2D eigenvalue weighted by molar-refractivity contribution is 7.15. The van der Waals surface area contributed by atoms with Crippen molar-refractivity contribution in [2.45, 2.75) is 0 Å². The number of halogens is 2. The van der Waals surface area contributed by atoms with Crippen LogP contribution in [0.1, 0.15) is 5.56 Å². The number of aromatic nitrogens is 5. The lowest BCUT2D eigenvalue weighted by Crippen LogP contribution is -2.23. The molecule has 0 bridgehead atoms. The highest BCUT2D eigenvalue weighted by Crippen LogP contribution is 2.28. The quantitative estimate of drug-likeness (QED) is 0.339. The Morgan fingerprint density at radius 2 is 1.70 bits per heavy atom. The summed E-state index contributed by atoms with van der Waals surface area (Å²) < 4.78 is 36.1. The van der Waals surface area contributed by atoms with E-state index in [1.807, 2.05) is 30.3 Å². The average Bonchev–Trinajstić information content (AvgIpc) is 3.60. The van der Waals surface area contributed by atoms with Gasteiger partial charge in [-0.3, -0.25) is 4.79 Å². The number of thiazole rings is 1. The maximum absolute atomic E-state index is 14.5. The summed E-state index contributed by atoms with van der Waals surface area (Å²) >= 11 is 1.17. The molecule has 3 aromatic carbocycles. The van der Waals surface area contributed by atoms with Crippen LogP contribution in [-0.4, -0.2) is 31.5 Å². The molecule has 0 N–H and O–H groups in total. The fraction of sp³-hybridized carbons (Fsp3) is 0.0370. The van der Waals surface area contributed by atoms with Crippen molar-refractivity contribution in [1.82, 2.24) is 24.4 Å². The van der Waals surface area contributed by atoms with Crippen LogP contribution in [0.2, 0.25) is 0 Å². The zero-order valence-corrected chi connectivity index (χ0v) is 20.1. The second-order valence-corrected chi connectivity index (χ2v) is 9.12. The molecule has 37 heavy (non-hydrogen) atoms. The van der Waals surface area contributed by atoms with Crippen molar-refractivity contribution in [3.8, 4) is 34.1 Å². The Morgan fingerprint density at radius 3 is 2.41 bits per heavy atom. The van der Waals surface area contributed by atoms with Crippen LogP contribution in [0.4, 0.5) is 8.78 Å². The van der Waals surface area contributed by atoms with E-state index in [-0.39, 0.29) is 17.1 Å². The van der Waals surface area contributed by atoms with Crippen molar-refractivity contribution in [3.05, 3.63) is 111 Å². The van der Waals surface area contributed by atoms with Gasteiger partial charge in [-0.2, -0.15) is 14.6 Å². The van der Waals surface area contributed by atoms with Gasteiger partial charge in [0, 0.05) is 22.9 Å². The molecule has 7 nitrogen and oxygen atoms in total. The van der Waals surface area contributed by atoms with Crippen LogP contribution in [0.15, 0.2) is 83.8 Å². The van der Waals surface area contributed by atoms with Gasteiger partial charge in [0.1, 0.15) is 11.5 Å². The largest absolute Gasteiger partial charge is 0.494 e. The summed E-state index contributed by atoms with van der Waals surface area (Å²) in [6.07, 6.45) is 3.48. The summed E-state index contributed by atoms with van der Waals surface area (Å²) in [7, 11) is 1.40. The summed E-state index contributed by atoms with van der Waals surface area (Å²) in [5, 5.41) is 9.00. The molecule has 6 rings (SSSR count). The van der Waals surface area contributed by atoms with E-state index in [2.05, 4.69) is 15.2 Å². The van der Waals surface area contributed by atoms with Gasteiger partial charge in [0.05, 0.1) is 17.3 Å². The second-order valence-electron chi connectivity index (χ2n) is 8.11. The highest BCUT2D eigenvalue weighted by Gasteiger charge is 2.16. The number of hydrogen-bond donors (Lipinski definition) is 0. The molecule has 0 atom stereocenters. The smallest absolute Gasteiger partial charge is 0.291 e. The number of rotatable bonds is 5. The Hall–Kier alpha value is -4.70. The molecule has 0 radical (unpaired) electrons. The third-order valence-electron chi connectivity index (χ3n) is 5.76. The Morgan fingerprint density at radius 1 is 0.946 bits per heavy atom. The van der Waals surface area contributed by atoms with Gasteiger partial charge in [-0.05, 0) is 60.7 Å². The molecular formula is C27H17F2N5O2S. The lowest BCUT2D eigenvalue weighted by Gasteiger charge is -2.04. The van der Waals surface area contributed by atoms with Crippen molar-refractivity contribution < 1.29 is 13.5 Å². The number of nitrogens with zero attached hydrogens (tertiary/aromatic N) is 5. The minimum atomic E-state index is -0.517. The molecule has 0 fully saturated rings. The van der Waals surface area contributed by atoms with Gasteiger partial charge in [-0.1, -0.05) is 29.5 Å². The fourth-order valence-electron chi connectivity index (χ4n) is 3.94. The van der Waals surface area contributed by atoms with Crippen molar-refractivity contribution in [1.29, 1.82) is 0 Å². The molecule has 0 aliphatic heterocycles. The number of para-hydroxylation sites is 1. The molecule has 0 amide bonds. The van der Waals surface area contributed by atoms with Gasteiger partial charge in [0.2, 0.25) is 4.96 Å². The fourth-order valence-corrected chi connectivity index (χ4v) is 4.84. The van der Waals surface area contributed by atoms with E-state index in [1.54, 1.807) is 35.2 Å². The molecule has 10 heteroatoms. The molecule has 0 aliphatic rings. The minimum Gasteiger partial charge on any atom is -0.494 e. The van der Waals surface area contributed by atoms with Crippen LogP contribution in [0.5, 0.6) is 5.75 Å². The van der Waals surface area contributed by atoms with Gasteiger partial charge < -0.3 is 4.74 Å². The van der Waals surface area contributed by atoms with Crippen LogP contribution in [0.25, 0.3) is 39.4 Å². The zero-order chi connectivity index (χ0) is 25.5. The van der Waals surface area contributed by atoms with Gasteiger partial charge in [-0.25, -0.2) is 13.5 Å². The van der Waals surface area contributed by atoms with Crippen molar-refractivity contribution in [3.63, 3.8) is 0 Å². The maximum atomic E-state index is 14.5. The van der Waals surface area contributed by atoms with Crippen molar-refractivity contribution in [2.24, 2.45) is 0 Å².